The zero-order valence-electron chi connectivity index (χ0n) is 8.51. The summed E-state index contributed by atoms with van der Waals surface area (Å²) in [6, 6.07) is 3.52. The zero-order chi connectivity index (χ0) is 11.5. The molecule has 0 bridgehead atoms. The zero-order valence-corrected chi connectivity index (χ0v) is 10.1. The largest absolute Gasteiger partial charge is 0.318 e. The molecule has 0 aromatic carbocycles. The Morgan fingerprint density at radius 3 is 3.00 bits per heavy atom. The van der Waals surface area contributed by atoms with Gasteiger partial charge in [-0.1, -0.05) is 0 Å². The Balaban J connectivity index is 2.18. The minimum Gasteiger partial charge on any atom is -0.318 e. The van der Waals surface area contributed by atoms with Gasteiger partial charge in [0.1, 0.15) is 5.69 Å². The molecule has 2 rings (SSSR count). The van der Waals surface area contributed by atoms with E-state index in [0.717, 1.165) is 0 Å². The smallest absolute Gasteiger partial charge is 0.275 e. The Morgan fingerprint density at radius 1 is 1.56 bits per heavy atom. The molecular weight excluding hydrogens is 272 g/mol. The van der Waals surface area contributed by atoms with Gasteiger partial charge < -0.3 is 5.32 Å². The van der Waals surface area contributed by atoms with Crippen LogP contribution in [0.25, 0.3) is 0 Å². The third-order valence-electron chi connectivity index (χ3n) is 1.94. The number of rotatable bonds is 2. The number of hydrogen-bond acceptors (Lipinski definition) is 3. The fourth-order valence-electron chi connectivity index (χ4n) is 1.23. The highest BCUT2D eigenvalue weighted by molar-refractivity contribution is 9.10. The first-order valence-corrected chi connectivity index (χ1v) is 5.36. The molecule has 82 valence electrons. The monoisotopic (exact) mass is 280 g/mol. The van der Waals surface area contributed by atoms with Gasteiger partial charge in [-0.2, -0.15) is 5.10 Å². The Hall–Kier alpha value is -1.69. The summed E-state index contributed by atoms with van der Waals surface area (Å²) < 4.78 is 2.28. The van der Waals surface area contributed by atoms with Crippen molar-refractivity contribution in [2.45, 2.75) is 0 Å². The number of amides is 1. The van der Waals surface area contributed by atoms with Crippen LogP contribution in [-0.4, -0.2) is 20.7 Å². The van der Waals surface area contributed by atoms with Gasteiger partial charge in [-0.25, -0.2) is 4.98 Å². The molecule has 0 saturated heterocycles. The highest BCUT2D eigenvalue weighted by Crippen LogP contribution is 2.15. The molecule has 16 heavy (non-hydrogen) atoms. The van der Waals surface area contributed by atoms with Crippen molar-refractivity contribution in [1.29, 1.82) is 0 Å². The Kier molecular flexibility index (Phi) is 3.00. The number of aromatic nitrogens is 3. The molecule has 0 aliphatic heterocycles. The normalized spacial score (nSPS) is 10.1. The van der Waals surface area contributed by atoms with Crippen LogP contribution in [0, 0.1) is 0 Å². The van der Waals surface area contributed by atoms with Crippen molar-refractivity contribution >= 4 is 27.5 Å². The Labute approximate surface area is 101 Å². The maximum Gasteiger partial charge on any atom is 0.275 e. The summed E-state index contributed by atoms with van der Waals surface area (Å²) in [6.07, 6.45) is 4.87. The molecule has 5 nitrogen and oxygen atoms in total. The van der Waals surface area contributed by atoms with Crippen LogP contribution in [0.5, 0.6) is 0 Å². The molecular formula is C10H9BrN4O. The molecule has 0 aliphatic rings. The van der Waals surface area contributed by atoms with Crippen molar-refractivity contribution in [2.75, 3.05) is 5.32 Å². The second-order valence-electron chi connectivity index (χ2n) is 3.19. The third kappa shape index (κ3) is 2.27. The standard InChI is InChI=1S/C10H9BrN4O/c1-15-6-7(5-13-15)14-10(16)9-8(11)3-2-4-12-9/h2-6H,1H3,(H,14,16). The second-order valence-corrected chi connectivity index (χ2v) is 4.04. The van der Waals surface area contributed by atoms with E-state index in [4.69, 9.17) is 0 Å². The minimum atomic E-state index is -0.263. The summed E-state index contributed by atoms with van der Waals surface area (Å²) in [5.74, 6) is -0.263. The fraction of sp³-hybridized carbons (Fsp3) is 0.100. The highest BCUT2D eigenvalue weighted by Gasteiger charge is 2.11. The first kappa shape index (κ1) is 10.8. The van der Waals surface area contributed by atoms with Crippen LogP contribution in [0.3, 0.4) is 0 Å². The third-order valence-corrected chi connectivity index (χ3v) is 2.58. The maximum absolute atomic E-state index is 11.8. The van der Waals surface area contributed by atoms with Crippen molar-refractivity contribution in [3.63, 3.8) is 0 Å². The van der Waals surface area contributed by atoms with E-state index in [1.165, 1.54) is 0 Å². The lowest BCUT2D eigenvalue weighted by Crippen LogP contribution is -2.13. The molecule has 0 saturated carbocycles. The lowest BCUT2D eigenvalue weighted by molar-refractivity contribution is 0.102. The second kappa shape index (κ2) is 4.44. The molecule has 0 radical (unpaired) electrons. The van der Waals surface area contributed by atoms with Gasteiger partial charge in [0, 0.05) is 23.9 Å². The molecule has 6 heteroatoms. The van der Waals surface area contributed by atoms with Crippen molar-refractivity contribution in [3.8, 4) is 0 Å². The first-order chi connectivity index (χ1) is 7.66. The van der Waals surface area contributed by atoms with Crippen molar-refractivity contribution < 1.29 is 4.79 Å². The summed E-state index contributed by atoms with van der Waals surface area (Å²) in [5.41, 5.74) is 0.997. The number of nitrogens with one attached hydrogen (secondary N) is 1. The SMILES string of the molecule is Cn1cc(NC(=O)c2ncccc2Br)cn1. The number of anilines is 1. The average Bonchev–Trinajstić information content (AvgIpc) is 2.64. The van der Waals surface area contributed by atoms with Gasteiger partial charge in [-0.15, -0.1) is 0 Å². The van der Waals surface area contributed by atoms with E-state index >= 15 is 0 Å². The molecule has 1 amide bonds. The van der Waals surface area contributed by atoms with E-state index in [1.54, 1.807) is 42.5 Å². The number of hydrogen-bond donors (Lipinski definition) is 1. The van der Waals surface area contributed by atoms with Crippen LogP contribution >= 0.6 is 15.9 Å². The van der Waals surface area contributed by atoms with E-state index in [1.807, 2.05) is 0 Å². The van der Waals surface area contributed by atoms with Crippen molar-refractivity contribution in [3.05, 3.63) is 40.9 Å². The van der Waals surface area contributed by atoms with Crippen molar-refractivity contribution in [1.82, 2.24) is 14.8 Å². The number of carbonyl (C=O) groups excluding carboxylic acids is 1. The minimum absolute atomic E-state index is 0.263. The molecule has 1 N–H and O–H groups in total. The highest BCUT2D eigenvalue weighted by atomic mass is 79.9. The van der Waals surface area contributed by atoms with Crippen LogP contribution in [0.4, 0.5) is 5.69 Å². The average molecular weight is 281 g/mol. The number of aryl methyl sites for hydroxylation is 1. The summed E-state index contributed by atoms with van der Waals surface area (Å²) in [6.45, 7) is 0. The fourth-order valence-corrected chi connectivity index (χ4v) is 1.66. The summed E-state index contributed by atoms with van der Waals surface area (Å²) in [7, 11) is 1.78. The number of halogens is 1. The summed E-state index contributed by atoms with van der Waals surface area (Å²) in [5, 5.41) is 6.66. The predicted octanol–water partition coefficient (Wildman–Crippen LogP) is 1.83. The molecule has 0 atom stereocenters. The Morgan fingerprint density at radius 2 is 2.38 bits per heavy atom. The molecule has 2 aromatic heterocycles. The molecule has 2 aromatic rings. The topological polar surface area (TPSA) is 59.8 Å². The van der Waals surface area contributed by atoms with Crippen LogP contribution in [0.15, 0.2) is 35.2 Å². The first-order valence-electron chi connectivity index (χ1n) is 4.57. The van der Waals surface area contributed by atoms with Gasteiger partial charge in [-0.05, 0) is 28.1 Å². The summed E-state index contributed by atoms with van der Waals surface area (Å²) in [4.78, 5) is 15.8. The number of nitrogens with zero attached hydrogens (tertiary/aromatic N) is 3. The quantitative estimate of drug-likeness (QED) is 0.913. The van der Waals surface area contributed by atoms with E-state index in [2.05, 4.69) is 31.3 Å². The molecule has 0 aliphatic carbocycles. The van der Waals surface area contributed by atoms with Crippen molar-refractivity contribution in [2.24, 2.45) is 7.05 Å². The van der Waals surface area contributed by atoms with Gasteiger partial charge in [0.2, 0.25) is 0 Å². The van der Waals surface area contributed by atoms with Crippen LogP contribution in [0.1, 0.15) is 10.5 Å². The maximum atomic E-state index is 11.8. The predicted molar refractivity (Wildman–Crippen MR) is 63.1 cm³/mol. The molecule has 0 fully saturated rings. The van der Waals surface area contributed by atoms with E-state index in [9.17, 15) is 4.79 Å². The van der Waals surface area contributed by atoms with E-state index in [-0.39, 0.29) is 5.91 Å². The van der Waals surface area contributed by atoms with E-state index < -0.39 is 0 Å². The van der Waals surface area contributed by atoms with Crippen LogP contribution in [0.2, 0.25) is 0 Å². The van der Waals surface area contributed by atoms with Gasteiger partial charge in [-0.3, -0.25) is 9.48 Å². The Bertz CT molecular complexity index is 523. The van der Waals surface area contributed by atoms with Gasteiger partial charge in [0.25, 0.3) is 5.91 Å². The van der Waals surface area contributed by atoms with Crippen LogP contribution in [-0.2, 0) is 7.05 Å². The van der Waals surface area contributed by atoms with E-state index in [0.29, 0.717) is 15.9 Å². The molecule has 0 spiro atoms. The lowest BCUT2D eigenvalue weighted by Gasteiger charge is -2.02. The summed E-state index contributed by atoms with van der Waals surface area (Å²) >= 11 is 3.27. The van der Waals surface area contributed by atoms with Gasteiger partial charge in [0.15, 0.2) is 0 Å². The lowest BCUT2D eigenvalue weighted by atomic mass is 10.3. The van der Waals surface area contributed by atoms with Gasteiger partial charge in [0.05, 0.1) is 11.9 Å². The van der Waals surface area contributed by atoms with Gasteiger partial charge >= 0.3 is 0 Å². The van der Waals surface area contributed by atoms with Crippen LogP contribution < -0.4 is 5.32 Å². The molecule has 2 heterocycles. The molecule has 0 unspecified atom stereocenters. The number of pyridine rings is 1. The number of carbonyl (C=O) groups is 1.